The molecule has 1 amide bonds. The molecule has 6 nitrogen and oxygen atoms in total. The third-order valence-corrected chi connectivity index (χ3v) is 6.38. The number of fused-ring (bicyclic) bond motifs is 1. The second-order valence-electron chi connectivity index (χ2n) is 8.88. The maximum absolute atomic E-state index is 13.3. The molecule has 0 fully saturated rings. The second-order valence-corrected chi connectivity index (χ2v) is 8.88. The van der Waals surface area contributed by atoms with Gasteiger partial charge in [-0.25, -0.2) is 4.68 Å². The normalized spacial score (nSPS) is 13.8. The molecule has 1 aliphatic rings. The summed E-state index contributed by atoms with van der Waals surface area (Å²) < 4.78 is 1.33. The van der Waals surface area contributed by atoms with Crippen molar-refractivity contribution in [1.29, 1.82) is 0 Å². The van der Waals surface area contributed by atoms with Gasteiger partial charge in [0, 0.05) is 22.4 Å². The lowest BCUT2D eigenvalue weighted by Crippen LogP contribution is -2.37. The van der Waals surface area contributed by atoms with Crippen molar-refractivity contribution in [3.05, 3.63) is 80.6 Å². The Balaban J connectivity index is 1.73. The maximum atomic E-state index is 13.3. The molecule has 0 aliphatic heterocycles. The highest BCUT2D eigenvalue weighted by atomic mass is 16.2. The number of aromatic nitrogens is 2. The topological polar surface area (TPSA) is 81.1 Å². The number of nitrogens with zero attached hydrogens (tertiary/aromatic N) is 2. The molecule has 1 atom stereocenters. The standard InChI is InChI=1S/C27H29N3O3/c1-16-9-10-17(2)24(15-16)25-22-7-5-6-8-23(22)27(33)30(29-25)18(3)26(32)28-21-13-11-20(12-14-21)19(4)31/h9-15,18H,5-8H2,1-4H3,(H,28,32)/t18-/m0/s1. The average molecular weight is 444 g/mol. The molecule has 2 aromatic carbocycles. The van der Waals surface area contributed by atoms with Crippen LogP contribution in [0.2, 0.25) is 0 Å². The van der Waals surface area contributed by atoms with Crippen LogP contribution in [0.1, 0.15) is 65.3 Å². The van der Waals surface area contributed by atoms with Crippen molar-refractivity contribution in [3.63, 3.8) is 0 Å². The summed E-state index contributed by atoms with van der Waals surface area (Å²) in [6.07, 6.45) is 3.52. The first kappa shape index (κ1) is 22.6. The molecule has 0 saturated heterocycles. The molecular formula is C27H29N3O3. The highest BCUT2D eigenvalue weighted by Gasteiger charge is 2.26. The Morgan fingerprint density at radius 1 is 1.00 bits per heavy atom. The fraction of sp³-hybridized carbons (Fsp3) is 0.333. The van der Waals surface area contributed by atoms with E-state index in [4.69, 9.17) is 5.10 Å². The number of hydrogen-bond acceptors (Lipinski definition) is 4. The minimum absolute atomic E-state index is 0.0370. The Hall–Kier alpha value is -3.54. The van der Waals surface area contributed by atoms with Crippen LogP contribution in [-0.4, -0.2) is 21.5 Å². The third kappa shape index (κ3) is 4.51. The fourth-order valence-corrected chi connectivity index (χ4v) is 4.37. The second kappa shape index (κ2) is 9.14. The molecule has 0 bridgehead atoms. The third-order valence-electron chi connectivity index (χ3n) is 6.38. The summed E-state index contributed by atoms with van der Waals surface area (Å²) in [5, 5.41) is 7.60. The molecule has 170 valence electrons. The number of carbonyl (C=O) groups excluding carboxylic acids is 2. The quantitative estimate of drug-likeness (QED) is 0.574. The highest BCUT2D eigenvalue weighted by molar-refractivity contribution is 5.96. The van der Waals surface area contributed by atoms with Gasteiger partial charge in [0.15, 0.2) is 5.78 Å². The smallest absolute Gasteiger partial charge is 0.271 e. The Bertz CT molecular complexity index is 1290. The zero-order chi connectivity index (χ0) is 23.7. The van der Waals surface area contributed by atoms with Gasteiger partial charge in [-0.15, -0.1) is 0 Å². The van der Waals surface area contributed by atoms with Gasteiger partial charge in [-0.3, -0.25) is 14.4 Å². The molecule has 1 N–H and O–H groups in total. The molecule has 1 aliphatic carbocycles. The van der Waals surface area contributed by atoms with Crippen LogP contribution in [0.15, 0.2) is 47.3 Å². The van der Waals surface area contributed by atoms with E-state index in [9.17, 15) is 14.4 Å². The van der Waals surface area contributed by atoms with Crippen molar-refractivity contribution in [1.82, 2.24) is 9.78 Å². The fourth-order valence-electron chi connectivity index (χ4n) is 4.37. The van der Waals surface area contributed by atoms with E-state index < -0.39 is 6.04 Å². The average Bonchev–Trinajstić information content (AvgIpc) is 2.81. The van der Waals surface area contributed by atoms with Crippen molar-refractivity contribution < 1.29 is 9.59 Å². The summed E-state index contributed by atoms with van der Waals surface area (Å²) >= 11 is 0. The molecule has 1 aromatic heterocycles. The number of aryl methyl sites for hydroxylation is 2. The zero-order valence-corrected chi connectivity index (χ0v) is 19.6. The van der Waals surface area contributed by atoms with E-state index in [1.54, 1.807) is 31.2 Å². The van der Waals surface area contributed by atoms with Gasteiger partial charge in [0.1, 0.15) is 6.04 Å². The Morgan fingerprint density at radius 2 is 1.67 bits per heavy atom. The molecule has 33 heavy (non-hydrogen) atoms. The summed E-state index contributed by atoms with van der Waals surface area (Å²) in [6, 6.07) is 12.2. The zero-order valence-electron chi connectivity index (χ0n) is 19.6. The molecular weight excluding hydrogens is 414 g/mol. The SMILES string of the molecule is CC(=O)c1ccc(NC(=O)[C@H](C)n2nc(-c3cc(C)ccc3C)c3c(c2=O)CCCC3)cc1. The van der Waals surface area contributed by atoms with Crippen LogP contribution in [0.4, 0.5) is 5.69 Å². The predicted octanol–water partition coefficient (Wildman–Crippen LogP) is 4.81. The molecule has 6 heteroatoms. The van der Waals surface area contributed by atoms with E-state index in [0.29, 0.717) is 17.7 Å². The largest absolute Gasteiger partial charge is 0.324 e. The van der Waals surface area contributed by atoms with Crippen LogP contribution in [-0.2, 0) is 17.6 Å². The van der Waals surface area contributed by atoms with Gasteiger partial charge >= 0.3 is 0 Å². The van der Waals surface area contributed by atoms with Crippen LogP contribution in [0, 0.1) is 13.8 Å². The Morgan fingerprint density at radius 3 is 2.33 bits per heavy atom. The van der Waals surface area contributed by atoms with Crippen molar-refractivity contribution in [2.75, 3.05) is 5.32 Å². The van der Waals surface area contributed by atoms with Crippen molar-refractivity contribution in [2.45, 2.75) is 59.4 Å². The Labute approximate surface area is 193 Å². The van der Waals surface area contributed by atoms with Crippen LogP contribution in [0.3, 0.4) is 0 Å². The lowest BCUT2D eigenvalue weighted by molar-refractivity contribution is -0.119. The van der Waals surface area contributed by atoms with Gasteiger partial charge in [0.2, 0.25) is 5.91 Å². The van der Waals surface area contributed by atoms with E-state index in [0.717, 1.165) is 52.8 Å². The van der Waals surface area contributed by atoms with E-state index >= 15 is 0 Å². The van der Waals surface area contributed by atoms with Crippen molar-refractivity contribution >= 4 is 17.4 Å². The van der Waals surface area contributed by atoms with Crippen LogP contribution in [0.25, 0.3) is 11.3 Å². The number of benzene rings is 2. The van der Waals surface area contributed by atoms with Gasteiger partial charge < -0.3 is 5.32 Å². The van der Waals surface area contributed by atoms with Gasteiger partial charge in [0.05, 0.1) is 5.69 Å². The molecule has 4 rings (SSSR count). The predicted molar refractivity (Wildman–Crippen MR) is 130 cm³/mol. The number of anilines is 1. The highest BCUT2D eigenvalue weighted by Crippen LogP contribution is 2.31. The van der Waals surface area contributed by atoms with Crippen molar-refractivity contribution in [2.24, 2.45) is 0 Å². The van der Waals surface area contributed by atoms with Gasteiger partial charge in [-0.05, 0) is 94.8 Å². The van der Waals surface area contributed by atoms with E-state index in [-0.39, 0.29) is 17.2 Å². The number of hydrogen-bond donors (Lipinski definition) is 1. The van der Waals surface area contributed by atoms with Crippen molar-refractivity contribution in [3.8, 4) is 11.3 Å². The first-order valence-electron chi connectivity index (χ1n) is 11.4. The lowest BCUT2D eigenvalue weighted by atomic mass is 9.88. The first-order chi connectivity index (χ1) is 15.8. The summed E-state index contributed by atoms with van der Waals surface area (Å²) in [5.41, 5.74) is 6.78. The summed E-state index contributed by atoms with van der Waals surface area (Å²) in [7, 11) is 0. The molecule has 1 heterocycles. The number of nitrogens with one attached hydrogen (secondary N) is 1. The molecule has 0 spiro atoms. The van der Waals surface area contributed by atoms with Gasteiger partial charge in [-0.2, -0.15) is 5.10 Å². The van der Waals surface area contributed by atoms with E-state index in [1.807, 2.05) is 13.8 Å². The van der Waals surface area contributed by atoms with Gasteiger partial charge in [0.25, 0.3) is 5.56 Å². The van der Waals surface area contributed by atoms with E-state index in [1.165, 1.54) is 11.6 Å². The maximum Gasteiger partial charge on any atom is 0.271 e. The number of carbonyl (C=O) groups is 2. The molecule has 0 saturated carbocycles. The van der Waals surface area contributed by atoms with Crippen LogP contribution in [0.5, 0.6) is 0 Å². The number of amides is 1. The minimum atomic E-state index is -0.791. The molecule has 0 radical (unpaired) electrons. The van der Waals surface area contributed by atoms with Gasteiger partial charge in [-0.1, -0.05) is 17.7 Å². The number of ketones is 1. The summed E-state index contributed by atoms with van der Waals surface area (Å²) in [6.45, 7) is 7.27. The van der Waals surface area contributed by atoms with E-state index in [2.05, 4.69) is 23.5 Å². The molecule has 0 unspecified atom stereocenters. The monoisotopic (exact) mass is 443 g/mol. The molecule has 3 aromatic rings. The summed E-state index contributed by atoms with van der Waals surface area (Å²) in [5.74, 6) is -0.368. The van der Waals surface area contributed by atoms with Crippen LogP contribution >= 0.6 is 0 Å². The number of Topliss-reactive ketones (excluding diaryl/α,β-unsaturated/α-hetero) is 1. The first-order valence-corrected chi connectivity index (χ1v) is 11.4. The minimum Gasteiger partial charge on any atom is -0.324 e. The number of rotatable bonds is 5. The Kier molecular flexibility index (Phi) is 6.27. The summed E-state index contributed by atoms with van der Waals surface area (Å²) in [4.78, 5) is 37.9. The lowest BCUT2D eigenvalue weighted by Gasteiger charge is -2.23. The van der Waals surface area contributed by atoms with Crippen LogP contribution < -0.4 is 10.9 Å².